The van der Waals surface area contributed by atoms with Crippen LogP contribution in [-0.2, 0) is 4.79 Å². The molecule has 1 aliphatic heterocycles. The molecule has 3 heterocycles. The highest BCUT2D eigenvalue weighted by Crippen LogP contribution is 2.28. The molecule has 0 unspecified atom stereocenters. The fourth-order valence-corrected chi connectivity index (χ4v) is 4.21. The number of nitrogens with zero attached hydrogens (tertiary/aromatic N) is 4. The minimum atomic E-state index is -0.0134. The largest absolute Gasteiger partial charge is 0.497 e. The normalized spacial score (nSPS) is 14.6. The van der Waals surface area contributed by atoms with Crippen LogP contribution < -0.4 is 14.4 Å². The summed E-state index contributed by atoms with van der Waals surface area (Å²) in [4.78, 5) is 26.7. The van der Waals surface area contributed by atoms with Gasteiger partial charge in [-0.25, -0.2) is 9.97 Å². The molecular weight excluding hydrogens is 388 g/mol. The fraction of sp³-hybridized carbons (Fsp3) is 0.286. The van der Waals surface area contributed by atoms with E-state index in [0.29, 0.717) is 18.8 Å². The lowest BCUT2D eigenvalue weighted by molar-refractivity contribution is -0.126. The summed E-state index contributed by atoms with van der Waals surface area (Å²) in [6.07, 6.45) is 5.15. The van der Waals surface area contributed by atoms with E-state index in [1.165, 1.54) is 0 Å². The van der Waals surface area contributed by atoms with Crippen molar-refractivity contribution in [1.29, 1.82) is 0 Å². The van der Waals surface area contributed by atoms with Gasteiger partial charge in [0.1, 0.15) is 21.8 Å². The van der Waals surface area contributed by atoms with Gasteiger partial charge in [0.2, 0.25) is 5.91 Å². The fourth-order valence-electron chi connectivity index (χ4n) is 3.25. The third-order valence-corrected chi connectivity index (χ3v) is 5.90. The summed E-state index contributed by atoms with van der Waals surface area (Å²) in [7, 11) is 3.22. The maximum atomic E-state index is 12.6. The first-order chi connectivity index (χ1) is 14.2. The van der Waals surface area contributed by atoms with Gasteiger partial charge < -0.3 is 19.3 Å². The smallest absolute Gasteiger partial charge is 0.246 e. The Morgan fingerprint density at radius 2 is 1.97 bits per heavy atom. The number of carbonyl (C=O) groups excluding carboxylic acids is 1. The van der Waals surface area contributed by atoms with Crippen LogP contribution in [0.4, 0.5) is 5.13 Å². The van der Waals surface area contributed by atoms with Gasteiger partial charge in [0.15, 0.2) is 5.13 Å². The van der Waals surface area contributed by atoms with Crippen molar-refractivity contribution in [1.82, 2.24) is 14.9 Å². The van der Waals surface area contributed by atoms with Crippen LogP contribution in [0, 0.1) is 0 Å². The van der Waals surface area contributed by atoms with E-state index >= 15 is 0 Å². The second-order valence-corrected chi connectivity index (χ2v) is 7.53. The molecule has 1 fully saturated rings. The molecule has 150 valence electrons. The highest BCUT2D eigenvalue weighted by Gasteiger charge is 2.22. The Labute approximate surface area is 173 Å². The number of ether oxygens (including phenoxy) is 2. The molecule has 1 aliphatic rings. The van der Waals surface area contributed by atoms with Crippen molar-refractivity contribution in [3.63, 3.8) is 0 Å². The van der Waals surface area contributed by atoms with Crippen LogP contribution in [0.5, 0.6) is 11.5 Å². The molecule has 4 rings (SSSR count). The van der Waals surface area contributed by atoms with Gasteiger partial charge in [-0.2, -0.15) is 0 Å². The van der Waals surface area contributed by atoms with Crippen LogP contribution in [0.3, 0.4) is 0 Å². The van der Waals surface area contributed by atoms with Gasteiger partial charge in [-0.1, -0.05) is 11.3 Å². The SMILES string of the molecule is COc1ccc(OC)c(/C=C/C(=O)N2CCN(c3nc4cccnc4s3)CC2)c1. The van der Waals surface area contributed by atoms with Crippen molar-refractivity contribution < 1.29 is 14.3 Å². The number of methoxy groups -OCH3 is 2. The molecule has 0 bridgehead atoms. The van der Waals surface area contributed by atoms with Crippen LogP contribution in [-0.4, -0.2) is 61.2 Å². The van der Waals surface area contributed by atoms with E-state index in [1.54, 1.807) is 43.9 Å². The molecule has 1 aromatic carbocycles. The van der Waals surface area contributed by atoms with Gasteiger partial charge in [-0.3, -0.25) is 4.79 Å². The second-order valence-electron chi connectivity index (χ2n) is 6.58. The summed E-state index contributed by atoms with van der Waals surface area (Å²) in [5.41, 5.74) is 1.72. The third kappa shape index (κ3) is 4.17. The highest BCUT2D eigenvalue weighted by atomic mass is 32.1. The Kier molecular flexibility index (Phi) is 5.62. The van der Waals surface area contributed by atoms with E-state index in [-0.39, 0.29) is 5.91 Å². The predicted octanol–water partition coefficient (Wildman–Crippen LogP) is 3.07. The van der Waals surface area contributed by atoms with Crippen molar-refractivity contribution in [3.8, 4) is 11.5 Å². The Morgan fingerprint density at radius 1 is 1.14 bits per heavy atom. The minimum absolute atomic E-state index is 0.0134. The number of fused-ring (bicyclic) bond motifs is 1. The second kappa shape index (κ2) is 8.48. The maximum Gasteiger partial charge on any atom is 0.246 e. The lowest BCUT2D eigenvalue weighted by Crippen LogP contribution is -2.48. The molecule has 3 aromatic rings. The first-order valence-corrected chi connectivity index (χ1v) is 10.1. The molecule has 8 heteroatoms. The number of thiazole rings is 1. The van der Waals surface area contributed by atoms with Gasteiger partial charge in [0.25, 0.3) is 0 Å². The molecule has 2 aromatic heterocycles. The molecule has 0 saturated carbocycles. The van der Waals surface area contributed by atoms with E-state index in [0.717, 1.165) is 39.9 Å². The van der Waals surface area contributed by atoms with Gasteiger partial charge in [-0.05, 0) is 36.4 Å². The zero-order chi connectivity index (χ0) is 20.2. The minimum Gasteiger partial charge on any atom is -0.497 e. The Hall–Kier alpha value is -3.13. The molecule has 29 heavy (non-hydrogen) atoms. The molecule has 0 aliphatic carbocycles. The quantitative estimate of drug-likeness (QED) is 0.602. The molecule has 7 nitrogen and oxygen atoms in total. The molecule has 1 amide bonds. The van der Waals surface area contributed by atoms with E-state index in [2.05, 4.69) is 14.9 Å². The zero-order valence-electron chi connectivity index (χ0n) is 16.4. The molecule has 0 radical (unpaired) electrons. The number of aromatic nitrogens is 2. The van der Waals surface area contributed by atoms with Gasteiger partial charge in [-0.15, -0.1) is 0 Å². The zero-order valence-corrected chi connectivity index (χ0v) is 17.2. The van der Waals surface area contributed by atoms with Crippen molar-refractivity contribution >= 4 is 38.8 Å². The highest BCUT2D eigenvalue weighted by molar-refractivity contribution is 7.21. The van der Waals surface area contributed by atoms with Crippen LogP contribution >= 0.6 is 11.3 Å². The monoisotopic (exact) mass is 410 g/mol. The first kappa shape index (κ1) is 19.2. The van der Waals surface area contributed by atoms with Gasteiger partial charge in [0.05, 0.1) is 14.2 Å². The molecule has 1 saturated heterocycles. The summed E-state index contributed by atoms with van der Waals surface area (Å²) >= 11 is 1.59. The molecule has 0 spiro atoms. The number of anilines is 1. The summed E-state index contributed by atoms with van der Waals surface area (Å²) in [5, 5.41) is 0.961. The van der Waals surface area contributed by atoms with Crippen LogP contribution in [0.15, 0.2) is 42.6 Å². The third-order valence-electron chi connectivity index (χ3n) is 4.86. The summed E-state index contributed by atoms with van der Waals surface area (Å²) in [6, 6.07) is 9.37. The maximum absolute atomic E-state index is 12.6. The number of benzene rings is 1. The summed E-state index contributed by atoms with van der Waals surface area (Å²) < 4.78 is 10.6. The van der Waals surface area contributed by atoms with Gasteiger partial charge >= 0.3 is 0 Å². The number of amides is 1. The number of hydrogen-bond donors (Lipinski definition) is 0. The molecule has 0 atom stereocenters. The van der Waals surface area contributed by atoms with Crippen LogP contribution in [0.2, 0.25) is 0 Å². The Balaban J connectivity index is 1.39. The topological polar surface area (TPSA) is 67.8 Å². The van der Waals surface area contributed by atoms with E-state index < -0.39 is 0 Å². The number of piperazine rings is 1. The standard InChI is InChI=1S/C21H22N4O3S/c1-27-16-6-7-18(28-2)15(14-16)5-8-19(26)24-10-12-25(13-11-24)21-23-17-4-3-9-22-20(17)29-21/h3-9,14H,10-13H2,1-2H3/b8-5+. The van der Waals surface area contributed by atoms with Crippen molar-refractivity contribution in [2.45, 2.75) is 0 Å². The number of hydrogen-bond acceptors (Lipinski definition) is 7. The van der Waals surface area contributed by atoms with E-state index in [4.69, 9.17) is 9.47 Å². The first-order valence-electron chi connectivity index (χ1n) is 9.33. The Bertz CT molecular complexity index is 1010. The summed E-state index contributed by atoms with van der Waals surface area (Å²) in [6.45, 7) is 2.81. The van der Waals surface area contributed by atoms with E-state index in [9.17, 15) is 4.79 Å². The molecule has 0 N–H and O–H groups in total. The number of pyridine rings is 1. The lowest BCUT2D eigenvalue weighted by atomic mass is 10.1. The number of rotatable bonds is 5. The van der Waals surface area contributed by atoms with E-state index in [1.807, 2.05) is 35.2 Å². The summed E-state index contributed by atoms with van der Waals surface area (Å²) in [5.74, 6) is 1.40. The van der Waals surface area contributed by atoms with Crippen LogP contribution in [0.1, 0.15) is 5.56 Å². The van der Waals surface area contributed by atoms with Crippen molar-refractivity contribution in [2.75, 3.05) is 45.3 Å². The van der Waals surface area contributed by atoms with Gasteiger partial charge in [0, 0.05) is 44.0 Å². The average molecular weight is 410 g/mol. The van der Waals surface area contributed by atoms with Crippen molar-refractivity contribution in [2.24, 2.45) is 0 Å². The van der Waals surface area contributed by atoms with Crippen LogP contribution in [0.25, 0.3) is 16.4 Å². The molecular formula is C21H22N4O3S. The predicted molar refractivity (Wildman–Crippen MR) is 115 cm³/mol. The lowest BCUT2D eigenvalue weighted by Gasteiger charge is -2.34. The average Bonchev–Trinajstić information content (AvgIpc) is 3.21. The Morgan fingerprint density at radius 3 is 2.69 bits per heavy atom. The number of carbonyl (C=O) groups is 1. The van der Waals surface area contributed by atoms with Crippen molar-refractivity contribution in [3.05, 3.63) is 48.2 Å².